The van der Waals surface area contributed by atoms with Crippen molar-refractivity contribution in [1.29, 1.82) is 0 Å². The summed E-state index contributed by atoms with van der Waals surface area (Å²) in [5, 5.41) is 0. The van der Waals surface area contributed by atoms with Crippen LogP contribution >= 0.6 is 0 Å². The van der Waals surface area contributed by atoms with Gasteiger partial charge in [-0.25, -0.2) is 0 Å². The Balaban J connectivity index is 4.47. The van der Waals surface area contributed by atoms with Gasteiger partial charge in [-0.15, -0.1) is 0 Å². The van der Waals surface area contributed by atoms with Crippen molar-refractivity contribution in [3.05, 3.63) is 85.1 Å². The van der Waals surface area contributed by atoms with Gasteiger partial charge >= 0.3 is 17.9 Å². The SMILES string of the molecule is CC/C=C/C=C/C=C/C=C/C=C/CCCC(=O)OCC(COC(=O)CCCCCCC/C=C/CCCCCCCCCCC)OC(=O)CCCCCCC/C=C/CCCCCCCCC. The van der Waals surface area contributed by atoms with Gasteiger partial charge in [-0.05, 0) is 83.5 Å². The molecular formula is C59H100O6. The molecule has 0 saturated carbocycles. The highest BCUT2D eigenvalue weighted by atomic mass is 16.6. The Bertz CT molecular complexity index is 1270. The Labute approximate surface area is 401 Å². The first-order valence-corrected chi connectivity index (χ1v) is 27.2. The Morgan fingerprint density at radius 1 is 0.323 bits per heavy atom. The maximum absolute atomic E-state index is 12.8. The zero-order valence-corrected chi connectivity index (χ0v) is 42.5. The van der Waals surface area contributed by atoms with E-state index in [2.05, 4.69) is 51.2 Å². The summed E-state index contributed by atoms with van der Waals surface area (Å²) in [6.07, 6.45) is 68.7. The molecule has 0 aromatic carbocycles. The van der Waals surface area contributed by atoms with Crippen molar-refractivity contribution in [1.82, 2.24) is 0 Å². The number of ether oxygens (including phenoxy) is 3. The summed E-state index contributed by atoms with van der Waals surface area (Å²) in [5.41, 5.74) is 0. The summed E-state index contributed by atoms with van der Waals surface area (Å²) in [7, 11) is 0. The molecule has 0 aromatic heterocycles. The lowest BCUT2D eigenvalue weighted by molar-refractivity contribution is -0.167. The zero-order valence-electron chi connectivity index (χ0n) is 42.5. The second kappa shape index (κ2) is 53.2. The topological polar surface area (TPSA) is 78.9 Å². The van der Waals surface area contributed by atoms with Gasteiger partial charge in [0.25, 0.3) is 0 Å². The van der Waals surface area contributed by atoms with Crippen LogP contribution in [0.4, 0.5) is 0 Å². The van der Waals surface area contributed by atoms with Gasteiger partial charge in [0.15, 0.2) is 6.10 Å². The molecule has 0 saturated heterocycles. The normalized spacial score (nSPS) is 12.7. The molecule has 0 radical (unpaired) electrons. The number of hydrogen-bond acceptors (Lipinski definition) is 6. The quantitative estimate of drug-likeness (QED) is 0.0199. The van der Waals surface area contributed by atoms with Crippen LogP contribution in [0.5, 0.6) is 0 Å². The molecule has 65 heavy (non-hydrogen) atoms. The van der Waals surface area contributed by atoms with Crippen LogP contribution in [0, 0.1) is 0 Å². The van der Waals surface area contributed by atoms with Gasteiger partial charge in [-0.1, -0.05) is 234 Å². The number of hydrogen-bond donors (Lipinski definition) is 0. The highest BCUT2D eigenvalue weighted by molar-refractivity contribution is 5.71. The molecule has 0 N–H and O–H groups in total. The number of rotatable bonds is 48. The van der Waals surface area contributed by atoms with Gasteiger partial charge in [-0.3, -0.25) is 14.4 Å². The van der Waals surface area contributed by atoms with E-state index < -0.39 is 6.10 Å². The average Bonchev–Trinajstić information content (AvgIpc) is 3.30. The molecule has 0 aliphatic carbocycles. The molecule has 0 rings (SSSR count). The Hall–Kier alpha value is -3.41. The fourth-order valence-corrected chi connectivity index (χ4v) is 7.40. The predicted molar refractivity (Wildman–Crippen MR) is 279 cm³/mol. The Kier molecular flexibility index (Phi) is 50.4. The fraction of sp³-hybridized carbons (Fsp3) is 0.712. The van der Waals surface area contributed by atoms with E-state index in [1.807, 2.05) is 54.7 Å². The first-order chi connectivity index (χ1) is 32.0. The van der Waals surface area contributed by atoms with Crippen LogP contribution in [0.25, 0.3) is 0 Å². The average molecular weight is 905 g/mol. The second-order valence-corrected chi connectivity index (χ2v) is 17.9. The lowest BCUT2D eigenvalue weighted by Gasteiger charge is -2.18. The molecule has 372 valence electrons. The number of unbranched alkanes of at least 4 members (excludes halogenated alkanes) is 27. The standard InChI is InChI=1S/C59H100O6/c1-4-7-10-13-16-19-22-25-27-29-30-32-34-37-40-43-46-49-52-58(61)64-55-56(54-63-57(60)51-48-45-42-39-36-33-24-21-18-15-12-9-6-3)65-59(62)53-50-47-44-41-38-35-31-28-26-23-20-17-14-11-8-5-2/h9,12,15,18,21,24,28,30-33,36,39,42,56H,4-8,10-11,13-14,16-17,19-20,22-23,25-27,29,34-35,37-38,40-41,43-55H2,1-3H3/b12-9+,18-15+,24-21+,31-28+,32-30+,36-33+,42-39+. The Morgan fingerprint density at radius 3 is 1.03 bits per heavy atom. The summed E-state index contributed by atoms with van der Waals surface area (Å²) in [6.45, 7) is 6.42. The lowest BCUT2D eigenvalue weighted by Crippen LogP contribution is -2.30. The molecule has 0 aliphatic rings. The van der Waals surface area contributed by atoms with E-state index in [0.717, 1.165) is 77.0 Å². The van der Waals surface area contributed by atoms with E-state index >= 15 is 0 Å². The molecular weight excluding hydrogens is 805 g/mol. The third-order valence-corrected chi connectivity index (χ3v) is 11.5. The molecule has 6 nitrogen and oxygen atoms in total. The highest BCUT2D eigenvalue weighted by Gasteiger charge is 2.19. The van der Waals surface area contributed by atoms with Crippen molar-refractivity contribution >= 4 is 17.9 Å². The Morgan fingerprint density at radius 2 is 0.631 bits per heavy atom. The summed E-state index contributed by atoms with van der Waals surface area (Å²) >= 11 is 0. The summed E-state index contributed by atoms with van der Waals surface area (Å²) in [5.74, 6) is -0.998. The van der Waals surface area contributed by atoms with E-state index in [-0.39, 0.29) is 37.5 Å². The zero-order chi connectivity index (χ0) is 47.2. The van der Waals surface area contributed by atoms with Gasteiger partial charge in [-0.2, -0.15) is 0 Å². The first kappa shape index (κ1) is 61.6. The van der Waals surface area contributed by atoms with Gasteiger partial charge < -0.3 is 14.2 Å². The maximum Gasteiger partial charge on any atom is 0.306 e. The minimum Gasteiger partial charge on any atom is -0.462 e. The van der Waals surface area contributed by atoms with Crippen LogP contribution in [0.1, 0.15) is 252 Å². The van der Waals surface area contributed by atoms with Crippen LogP contribution in [0.15, 0.2) is 85.1 Å². The molecule has 6 heteroatoms. The molecule has 0 bridgehead atoms. The van der Waals surface area contributed by atoms with Crippen molar-refractivity contribution in [2.75, 3.05) is 13.2 Å². The molecule has 0 fully saturated rings. The van der Waals surface area contributed by atoms with Crippen molar-refractivity contribution in [3.8, 4) is 0 Å². The van der Waals surface area contributed by atoms with E-state index in [0.29, 0.717) is 19.3 Å². The van der Waals surface area contributed by atoms with Crippen LogP contribution < -0.4 is 0 Å². The van der Waals surface area contributed by atoms with Gasteiger partial charge in [0.1, 0.15) is 13.2 Å². The molecule has 1 atom stereocenters. The summed E-state index contributed by atoms with van der Waals surface area (Å²) in [4.78, 5) is 38.0. The molecule has 0 heterocycles. The second-order valence-electron chi connectivity index (χ2n) is 17.9. The lowest BCUT2D eigenvalue weighted by atomic mass is 10.1. The van der Waals surface area contributed by atoms with Gasteiger partial charge in [0.2, 0.25) is 0 Å². The van der Waals surface area contributed by atoms with Crippen LogP contribution in [-0.2, 0) is 28.6 Å². The maximum atomic E-state index is 12.8. The predicted octanol–water partition coefficient (Wildman–Crippen LogP) is 18.0. The number of allylic oxidation sites excluding steroid dienone is 14. The van der Waals surface area contributed by atoms with E-state index in [1.165, 1.54) is 128 Å². The van der Waals surface area contributed by atoms with Crippen LogP contribution in [-0.4, -0.2) is 37.2 Å². The van der Waals surface area contributed by atoms with E-state index in [9.17, 15) is 14.4 Å². The molecule has 0 aromatic rings. The van der Waals surface area contributed by atoms with E-state index in [4.69, 9.17) is 14.2 Å². The number of carbonyl (C=O) groups excluding carboxylic acids is 3. The van der Waals surface area contributed by atoms with E-state index in [1.54, 1.807) is 0 Å². The summed E-state index contributed by atoms with van der Waals surface area (Å²) < 4.78 is 16.7. The van der Waals surface area contributed by atoms with Gasteiger partial charge in [0, 0.05) is 19.3 Å². The number of esters is 3. The monoisotopic (exact) mass is 905 g/mol. The minimum atomic E-state index is -0.813. The van der Waals surface area contributed by atoms with Crippen molar-refractivity contribution in [2.24, 2.45) is 0 Å². The highest BCUT2D eigenvalue weighted by Crippen LogP contribution is 2.14. The molecule has 0 amide bonds. The van der Waals surface area contributed by atoms with Crippen LogP contribution in [0.3, 0.4) is 0 Å². The largest absolute Gasteiger partial charge is 0.462 e. The summed E-state index contributed by atoms with van der Waals surface area (Å²) in [6, 6.07) is 0. The number of carbonyl (C=O) groups is 3. The van der Waals surface area contributed by atoms with Crippen molar-refractivity contribution in [2.45, 2.75) is 258 Å². The smallest absolute Gasteiger partial charge is 0.306 e. The molecule has 0 spiro atoms. The van der Waals surface area contributed by atoms with Crippen molar-refractivity contribution in [3.63, 3.8) is 0 Å². The van der Waals surface area contributed by atoms with Crippen molar-refractivity contribution < 1.29 is 28.6 Å². The minimum absolute atomic E-state index is 0.107. The third kappa shape index (κ3) is 51.4. The fourth-order valence-electron chi connectivity index (χ4n) is 7.40. The molecule has 0 aliphatic heterocycles. The van der Waals surface area contributed by atoms with Crippen LogP contribution in [0.2, 0.25) is 0 Å². The third-order valence-electron chi connectivity index (χ3n) is 11.5. The first-order valence-electron chi connectivity index (χ1n) is 27.2. The molecule has 1 unspecified atom stereocenters. The van der Waals surface area contributed by atoms with Gasteiger partial charge in [0.05, 0.1) is 0 Å².